The molecule has 1 heterocycles. The van der Waals surface area contributed by atoms with Crippen LogP contribution in [0.1, 0.15) is 47.2 Å². The maximum absolute atomic E-state index is 11.7. The fourth-order valence-corrected chi connectivity index (χ4v) is 1.82. The molecule has 0 bridgehead atoms. The number of carbonyl (C=O) groups excluding carboxylic acids is 1. The van der Waals surface area contributed by atoms with E-state index in [-0.39, 0.29) is 12.6 Å². The van der Waals surface area contributed by atoms with Crippen molar-refractivity contribution in [2.24, 2.45) is 5.41 Å². The lowest BCUT2D eigenvalue weighted by Gasteiger charge is -2.37. The third-order valence-electron chi connectivity index (χ3n) is 4.55. The van der Waals surface area contributed by atoms with Crippen LogP contribution in [0.2, 0.25) is 0 Å². The number of nitrogens with zero attached hydrogens (tertiary/aromatic N) is 1. The largest absolute Gasteiger partial charge is 0.476 e. The van der Waals surface area contributed by atoms with Gasteiger partial charge in [0.25, 0.3) is 0 Å². The van der Waals surface area contributed by atoms with Crippen LogP contribution in [0.5, 0.6) is 5.88 Å². The third kappa shape index (κ3) is 5.71. The van der Waals surface area contributed by atoms with Crippen molar-refractivity contribution in [3.05, 3.63) is 17.8 Å². The highest BCUT2D eigenvalue weighted by molar-refractivity contribution is 6.47. The Balaban J connectivity index is 2.73. The summed E-state index contributed by atoms with van der Waals surface area (Å²) < 4.78 is 16.3. The predicted molar refractivity (Wildman–Crippen MR) is 98.5 cm³/mol. The molecule has 0 aliphatic rings. The van der Waals surface area contributed by atoms with Gasteiger partial charge in [0.15, 0.2) is 0 Å². The van der Waals surface area contributed by atoms with Crippen molar-refractivity contribution in [2.45, 2.75) is 59.7 Å². The Morgan fingerprint density at radius 2 is 1.80 bits per heavy atom. The Labute approximate surface area is 151 Å². The van der Waals surface area contributed by atoms with Gasteiger partial charge in [0, 0.05) is 5.69 Å². The summed E-state index contributed by atoms with van der Waals surface area (Å²) in [6.07, 6.45) is 0. The van der Waals surface area contributed by atoms with Crippen LogP contribution in [0.25, 0.3) is 0 Å². The number of methoxy groups -OCH3 is 1. The summed E-state index contributed by atoms with van der Waals surface area (Å²) in [7, 11) is 1.69. The Morgan fingerprint density at radius 1 is 1.20 bits per heavy atom. The smallest absolute Gasteiger partial charge is 0.314 e. The van der Waals surface area contributed by atoms with Gasteiger partial charge in [-0.1, -0.05) is 6.07 Å². The molecule has 0 spiro atoms. The van der Waals surface area contributed by atoms with Crippen LogP contribution >= 0.6 is 0 Å². The lowest BCUT2D eigenvalue weighted by molar-refractivity contribution is -0.152. The normalized spacial score (nSPS) is 12.7. The standard InChI is InChI=1S/C18H30BNO5/c1-12-13(19-25-18(6,7)17(4,5)22)9-10-14(20-12)24-11-16(2,3)15(21)23-8/h9-10,19,22H,11H2,1-8H3. The number of esters is 1. The van der Waals surface area contributed by atoms with Gasteiger partial charge in [-0.2, -0.15) is 0 Å². The summed E-state index contributed by atoms with van der Waals surface area (Å²) in [5.41, 5.74) is -0.712. The minimum absolute atomic E-state index is 0.174. The molecule has 0 unspecified atom stereocenters. The van der Waals surface area contributed by atoms with Crippen LogP contribution in [0.4, 0.5) is 0 Å². The van der Waals surface area contributed by atoms with Gasteiger partial charge in [-0.05, 0) is 60.0 Å². The van der Waals surface area contributed by atoms with E-state index >= 15 is 0 Å². The first-order chi connectivity index (χ1) is 11.3. The van der Waals surface area contributed by atoms with E-state index in [2.05, 4.69) is 4.98 Å². The van der Waals surface area contributed by atoms with Crippen molar-refractivity contribution in [2.75, 3.05) is 13.7 Å². The average Bonchev–Trinajstić information content (AvgIpc) is 2.50. The van der Waals surface area contributed by atoms with Gasteiger partial charge in [-0.25, -0.2) is 4.98 Å². The second kappa shape index (κ2) is 7.75. The number of aryl methyl sites for hydroxylation is 1. The van der Waals surface area contributed by atoms with Crippen molar-refractivity contribution in [3.8, 4) is 5.88 Å². The van der Waals surface area contributed by atoms with E-state index in [0.29, 0.717) is 13.4 Å². The molecule has 0 fully saturated rings. The molecule has 0 aliphatic heterocycles. The number of aliphatic hydroxyl groups is 1. The summed E-state index contributed by atoms with van der Waals surface area (Å²) in [5, 5.41) is 10.1. The zero-order valence-electron chi connectivity index (χ0n) is 16.6. The molecule has 0 amide bonds. The maximum Gasteiger partial charge on any atom is 0.314 e. The monoisotopic (exact) mass is 351 g/mol. The molecule has 6 nitrogen and oxygen atoms in total. The predicted octanol–water partition coefficient (Wildman–Crippen LogP) is 1.51. The zero-order chi connectivity index (χ0) is 19.5. The summed E-state index contributed by atoms with van der Waals surface area (Å²) in [5.74, 6) is 0.114. The second-order valence-electron chi connectivity index (χ2n) is 7.92. The number of hydrogen-bond acceptors (Lipinski definition) is 6. The lowest BCUT2D eigenvalue weighted by atomic mass is 9.82. The molecule has 7 heteroatoms. The van der Waals surface area contributed by atoms with Crippen molar-refractivity contribution >= 4 is 18.9 Å². The Hall–Kier alpha value is -1.60. The summed E-state index contributed by atoms with van der Waals surface area (Å²) in [6.45, 7) is 12.7. The molecule has 0 radical (unpaired) electrons. The molecule has 0 saturated carbocycles. The Bertz CT molecular complexity index is 608. The van der Waals surface area contributed by atoms with Crippen molar-refractivity contribution < 1.29 is 24.0 Å². The van der Waals surface area contributed by atoms with Crippen molar-refractivity contribution in [1.29, 1.82) is 0 Å². The van der Waals surface area contributed by atoms with Crippen LogP contribution in [-0.2, 0) is 14.2 Å². The second-order valence-corrected chi connectivity index (χ2v) is 7.92. The van der Waals surface area contributed by atoms with Gasteiger partial charge >= 0.3 is 13.5 Å². The van der Waals surface area contributed by atoms with Crippen LogP contribution in [-0.4, -0.2) is 48.5 Å². The van der Waals surface area contributed by atoms with Gasteiger partial charge in [0.2, 0.25) is 5.88 Å². The lowest BCUT2D eigenvalue weighted by Crippen LogP contribution is -2.49. The van der Waals surface area contributed by atoms with Gasteiger partial charge in [0.05, 0.1) is 23.7 Å². The fourth-order valence-electron chi connectivity index (χ4n) is 1.82. The molecule has 0 aromatic carbocycles. The van der Waals surface area contributed by atoms with E-state index in [9.17, 15) is 9.90 Å². The third-order valence-corrected chi connectivity index (χ3v) is 4.55. The molecule has 0 atom stereocenters. The van der Waals surface area contributed by atoms with Gasteiger partial charge in [-0.15, -0.1) is 0 Å². The van der Waals surface area contributed by atoms with Crippen LogP contribution < -0.4 is 10.2 Å². The number of ether oxygens (including phenoxy) is 2. The SMILES string of the molecule is COC(=O)C(C)(C)COc1ccc(BOC(C)(C)C(C)(C)O)c(C)n1. The molecule has 0 aliphatic carbocycles. The highest BCUT2D eigenvalue weighted by Crippen LogP contribution is 2.24. The highest BCUT2D eigenvalue weighted by Gasteiger charge is 2.35. The zero-order valence-corrected chi connectivity index (χ0v) is 16.6. The summed E-state index contributed by atoms with van der Waals surface area (Å²) in [6, 6.07) is 3.62. The van der Waals surface area contributed by atoms with E-state index in [1.165, 1.54) is 7.11 Å². The Morgan fingerprint density at radius 3 is 2.28 bits per heavy atom. The molecule has 0 saturated heterocycles. The summed E-state index contributed by atoms with van der Waals surface area (Å²) >= 11 is 0. The molecule has 1 aromatic rings. The average molecular weight is 351 g/mol. The topological polar surface area (TPSA) is 77.9 Å². The molecular weight excluding hydrogens is 321 g/mol. The van der Waals surface area contributed by atoms with Gasteiger partial charge < -0.3 is 19.2 Å². The van der Waals surface area contributed by atoms with Gasteiger partial charge in [0.1, 0.15) is 6.61 Å². The van der Waals surface area contributed by atoms with Crippen molar-refractivity contribution in [1.82, 2.24) is 4.98 Å². The van der Waals surface area contributed by atoms with E-state index in [4.69, 9.17) is 14.1 Å². The van der Waals surface area contributed by atoms with E-state index < -0.39 is 16.6 Å². The number of aromatic nitrogens is 1. The van der Waals surface area contributed by atoms with Crippen LogP contribution in [0.3, 0.4) is 0 Å². The number of rotatable bonds is 8. The first kappa shape index (κ1) is 21.4. The molecule has 140 valence electrons. The number of hydrogen-bond donors (Lipinski definition) is 1. The molecular formula is C18H30BNO5. The maximum atomic E-state index is 11.7. The van der Waals surface area contributed by atoms with Crippen molar-refractivity contribution in [3.63, 3.8) is 0 Å². The first-order valence-corrected chi connectivity index (χ1v) is 8.34. The molecule has 1 rings (SSSR count). The summed E-state index contributed by atoms with van der Waals surface area (Å²) in [4.78, 5) is 16.1. The first-order valence-electron chi connectivity index (χ1n) is 8.34. The van der Waals surface area contributed by atoms with E-state index in [0.717, 1.165) is 11.2 Å². The minimum Gasteiger partial charge on any atom is -0.476 e. The molecule has 1 N–H and O–H groups in total. The van der Waals surface area contributed by atoms with E-state index in [1.807, 2.05) is 26.8 Å². The fraction of sp³-hybridized carbons (Fsp3) is 0.667. The van der Waals surface area contributed by atoms with Gasteiger partial charge in [-0.3, -0.25) is 4.79 Å². The van der Waals surface area contributed by atoms with Crippen LogP contribution in [0, 0.1) is 12.3 Å². The highest BCUT2D eigenvalue weighted by atomic mass is 16.5. The quantitative estimate of drug-likeness (QED) is 0.565. The number of pyridine rings is 1. The minimum atomic E-state index is -0.961. The van der Waals surface area contributed by atoms with E-state index in [1.54, 1.807) is 33.8 Å². The Kier molecular flexibility index (Phi) is 6.64. The number of carbonyl (C=O) groups is 1. The molecule has 1 aromatic heterocycles. The molecule has 25 heavy (non-hydrogen) atoms. The van der Waals surface area contributed by atoms with Crippen LogP contribution in [0.15, 0.2) is 12.1 Å².